The highest BCUT2D eigenvalue weighted by Gasteiger charge is 2.43. The zero-order valence-corrected chi connectivity index (χ0v) is 23.9. The first-order chi connectivity index (χ1) is 18.9. The Hall–Kier alpha value is -2.97. The molecule has 206 valence electrons. The molecule has 0 unspecified atom stereocenters. The molecule has 0 spiro atoms. The topological polar surface area (TPSA) is 65.1 Å². The van der Waals surface area contributed by atoms with Crippen molar-refractivity contribution >= 4 is 27.5 Å². The number of allylic oxidation sites excluding steroid dienone is 4. The van der Waals surface area contributed by atoms with Gasteiger partial charge in [0.15, 0.2) is 23.1 Å². The summed E-state index contributed by atoms with van der Waals surface area (Å²) in [6, 6.07) is 10.1. The molecule has 1 heterocycles. The predicted molar refractivity (Wildman–Crippen MR) is 149 cm³/mol. The van der Waals surface area contributed by atoms with Crippen LogP contribution in [0.15, 0.2) is 63.4 Å². The van der Waals surface area contributed by atoms with Gasteiger partial charge in [-0.2, -0.15) is 0 Å². The van der Waals surface area contributed by atoms with Crippen molar-refractivity contribution in [3.8, 4) is 11.5 Å². The summed E-state index contributed by atoms with van der Waals surface area (Å²) in [6.45, 7) is 3.58. The number of carbonyl (C=O) groups is 2. The van der Waals surface area contributed by atoms with Crippen LogP contribution in [-0.2, 0) is 20.9 Å². The van der Waals surface area contributed by atoms with Gasteiger partial charge in [0.05, 0.1) is 17.7 Å². The van der Waals surface area contributed by atoms with Crippen LogP contribution in [0.2, 0.25) is 0 Å². The molecule has 0 atom stereocenters. The van der Waals surface area contributed by atoms with Gasteiger partial charge in [0.2, 0.25) is 0 Å². The Labute approximate surface area is 236 Å². The van der Waals surface area contributed by atoms with Crippen LogP contribution in [0.4, 0.5) is 4.39 Å². The number of Topliss-reactive ketones (excluding diaryl/α,β-unsaturated/α-hetero) is 2. The van der Waals surface area contributed by atoms with E-state index < -0.39 is 5.92 Å². The molecule has 8 heteroatoms. The maximum atomic E-state index is 13.7. The van der Waals surface area contributed by atoms with Gasteiger partial charge in [-0.1, -0.05) is 12.1 Å². The molecule has 0 bridgehead atoms. The van der Waals surface area contributed by atoms with Gasteiger partial charge in [-0.15, -0.1) is 0 Å². The van der Waals surface area contributed by atoms with E-state index in [1.54, 1.807) is 19.2 Å². The van der Waals surface area contributed by atoms with Crippen LogP contribution in [0, 0.1) is 5.82 Å². The Bertz CT molecular complexity index is 1310. The Kier molecular flexibility index (Phi) is 8.52. The van der Waals surface area contributed by atoms with Crippen LogP contribution in [0.25, 0.3) is 0 Å². The minimum atomic E-state index is -0.456. The van der Waals surface area contributed by atoms with Gasteiger partial charge in [-0.25, -0.2) is 4.39 Å². The first-order valence-electron chi connectivity index (χ1n) is 13.5. The second kappa shape index (κ2) is 12.0. The summed E-state index contributed by atoms with van der Waals surface area (Å²) in [6.07, 6.45) is 4.12. The minimum absolute atomic E-state index is 0.0918. The number of rotatable bonds is 9. The lowest BCUT2D eigenvalue weighted by molar-refractivity contribution is -0.117. The largest absolute Gasteiger partial charge is 0.490 e. The molecule has 0 saturated heterocycles. The third-order valence-electron chi connectivity index (χ3n) is 7.54. The zero-order chi connectivity index (χ0) is 27.5. The summed E-state index contributed by atoms with van der Waals surface area (Å²) in [4.78, 5) is 29.2. The number of methoxy groups -OCH3 is 1. The zero-order valence-electron chi connectivity index (χ0n) is 22.4. The monoisotopic (exact) mass is 597 g/mol. The highest BCUT2D eigenvalue weighted by atomic mass is 79.9. The fraction of sp³-hybridized carbons (Fsp3) is 0.419. The van der Waals surface area contributed by atoms with Crippen LogP contribution in [-0.4, -0.2) is 43.3 Å². The lowest BCUT2D eigenvalue weighted by atomic mass is 9.71. The molecule has 2 aromatic carbocycles. The normalized spacial score (nSPS) is 17.9. The summed E-state index contributed by atoms with van der Waals surface area (Å²) in [7, 11) is 1.67. The molecule has 3 aliphatic rings. The van der Waals surface area contributed by atoms with Crippen LogP contribution in [0.5, 0.6) is 11.5 Å². The number of ketones is 2. The van der Waals surface area contributed by atoms with Gasteiger partial charge in [0, 0.05) is 55.0 Å². The Morgan fingerprint density at radius 2 is 1.67 bits per heavy atom. The highest BCUT2D eigenvalue weighted by molar-refractivity contribution is 9.10. The van der Waals surface area contributed by atoms with Gasteiger partial charge < -0.3 is 19.1 Å². The van der Waals surface area contributed by atoms with Crippen molar-refractivity contribution < 1.29 is 28.2 Å². The standard InChI is InChI=1S/C31H33BrFNO5/c1-3-38-27-17-20(16-22(32)31(27)39-18-19-7-4-8-21(33)15-19)28-29-23(9-5-11-25(29)35)34(13-14-37-2)24-10-6-12-26(36)30(24)28/h4,7-8,15-17,28H,3,5-6,9-14,18H2,1-2H3. The molecule has 0 amide bonds. The van der Waals surface area contributed by atoms with Crippen molar-refractivity contribution in [3.05, 3.63) is 80.4 Å². The molecule has 39 heavy (non-hydrogen) atoms. The van der Waals surface area contributed by atoms with Crippen molar-refractivity contribution in [1.82, 2.24) is 4.90 Å². The summed E-state index contributed by atoms with van der Waals surface area (Å²) in [5, 5.41) is 0. The third-order valence-corrected chi connectivity index (χ3v) is 8.13. The van der Waals surface area contributed by atoms with Gasteiger partial charge in [-0.05, 0) is 83.9 Å². The van der Waals surface area contributed by atoms with Gasteiger partial charge in [0.25, 0.3) is 0 Å². The second-order valence-electron chi connectivity index (χ2n) is 10.0. The van der Waals surface area contributed by atoms with E-state index in [0.717, 1.165) is 42.6 Å². The fourth-order valence-corrected chi connectivity index (χ4v) is 6.52. The van der Waals surface area contributed by atoms with Crippen molar-refractivity contribution in [2.75, 3.05) is 26.9 Å². The lowest BCUT2D eigenvalue weighted by Gasteiger charge is -2.44. The van der Waals surface area contributed by atoms with Crippen molar-refractivity contribution in [2.45, 2.75) is 58.0 Å². The average Bonchev–Trinajstić information content (AvgIpc) is 2.91. The maximum Gasteiger partial charge on any atom is 0.175 e. The number of hydrogen-bond acceptors (Lipinski definition) is 6. The fourth-order valence-electron chi connectivity index (χ4n) is 5.94. The summed E-state index contributed by atoms with van der Waals surface area (Å²) >= 11 is 3.67. The molecule has 0 radical (unpaired) electrons. The molecular weight excluding hydrogens is 565 g/mol. The van der Waals surface area contributed by atoms with E-state index >= 15 is 0 Å². The minimum Gasteiger partial charge on any atom is -0.490 e. The van der Waals surface area contributed by atoms with Crippen LogP contribution >= 0.6 is 15.9 Å². The summed E-state index contributed by atoms with van der Waals surface area (Å²) in [5.74, 6) is 0.409. The molecular formula is C31H33BrFNO5. The highest BCUT2D eigenvalue weighted by Crippen LogP contribution is 2.51. The van der Waals surface area contributed by atoms with E-state index in [-0.39, 0.29) is 24.0 Å². The number of halogens is 2. The quantitative estimate of drug-likeness (QED) is 0.323. The van der Waals surface area contributed by atoms with Gasteiger partial charge >= 0.3 is 0 Å². The maximum absolute atomic E-state index is 13.7. The number of benzene rings is 2. The Morgan fingerprint density at radius 1 is 0.974 bits per heavy atom. The summed E-state index contributed by atoms with van der Waals surface area (Å²) < 4.78 is 31.8. The number of nitrogens with zero attached hydrogens (tertiary/aromatic N) is 1. The predicted octanol–water partition coefficient (Wildman–Crippen LogP) is 6.63. The van der Waals surface area contributed by atoms with E-state index in [4.69, 9.17) is 14.2 Å². The number of carbonyl (C=O) groups excluding carboxylic acids is 2. The van der Waals surface area contributed by atoms with Gasteiger partial charge in [0.1, 0.15) is 12.4 Å². The van der Waals surface area contributed by atoms with E-state index in [0.29, 0.717) is 65.3 Å². The van der Waals surface area contributed by atoms with E-state index in [1.165, 1.54) is 12.1 Å². The smallest absolute Gasteiger partial charge is 0.175 e. The first-order valence-corrected chi connectivity index (χ1v) is 14.3. The molecule has 5 rings (SSSR count). The molecule has 6 nitrogen and oxygen atoms in total. The van der Waals surface area contributed by atoms with Crippen LogP contribution in [0.1, 0.15) is 62.5 Å². The number of ether oxygens (including phenoxy) is 3. The molecule has 0 N–H and O–H groups in total. The number of hydrogen-bond donors (Lipinski definition) is 0. The molecule has 1 aliphatic heterocycles. The molecule has 0 fully saturated rings. The first kappa shape index (κ1) is 27.6. The van der Waals surface area contributed by atoms with Crippen LogP contribution < -0.4 is 9.47 Å². The molecule has 0 saturated carbocycles. The summed E-state index contributed by atoms with van der Waals surface area (Å²) in [5.41, 5.74) is 4.98. The molecule has 2 aliphatic carbocycles. The third kappa shape index (κ3) is 5.54. The Morgan fingerprint density at radius 3 is 2.28 bits per heavy atom. The average molecular weight is 599 g/mol. The molecule has 2 aromatic rings. The van der Waals surface area contributed by atoms with E-state index in [2.05, 4.69) is 20.8 Å². The second-order valence-corrected chi connectivity index (χ2v) is 10.9. The lowest BCUT2D eigenvalue weighted by Crippen LogP contribution is -2.40. The van der Waals surface area contributed by atoms with E-state index in [9.17, 15) is 14.0 Å². The molecule has 0 aromatic heterocycles. The van der Waals surface area contributed by atoms with Crippen molar-refractivity contribution in [1.29, 1.82) is 0 Å². The van der Waals surface area contributed by atoms with Crippen molar-refractivity contribution in [3.63, 3.8) is 0 Å². The Balaban J connectivity index is 1.60. The van der Waals surface area contributed by atoms with Crippen LogP contribution in [0.3, 0.4) is 0 Å². The SMILES string of the molecule is CCOc1cc(C2C3=C(CCCC3=O)N(CCOC)C3=C2C(=O)CCC3)cc(Br)c1OCc1cccc(F)c1. The van der Waals surface area contributed by atoms with Crippen molar-refractivity contribution in [2.24, 2.45) is 0 Å². The van der Waals surface area contributed by atoms with E-state index in [1.807, 2.05) is 19.1 Å². The van der Waals surface area contributed by atoms with Gasteiger partial charge in [-0.3, -0.25) is 9.59 Å².